The Morgan fingerprint density at radius 3 is 2.33 bits per heavy atom. The number of fused-ring (bicyclic) bond motifs is 1. The highest BCUT2D eigenvalue weighted by molar-refractivity contribution is 7.92. The number of hydrogen-bond acceptors (Lipinski definition) is 10. The van der Waals surface area contributed by atoms with Crippen LogP contribution in [0, 0.1) is 0 Å². The first-order valence-electron chi connectivity index (χ1n) is 15.7. The van der Waals surface area contributed by atoms with Crippen molar-refractivity contribution < 1.29 is 49.8 Å². The van der Waals surface area contributed by atoms with Crippen molar-refractivity contribution in [3.63, 3.8) is 0 Å². The van der Waals surface area contributed by atoms with Gasteiger partial charge in [-0.1, -0.05) is 6.07 Å². The number of sulfone groups is 1. The summed E-state index contributed by atoms with van der Waals surface area (Å²) in [6.07, 6.45) is 1.50. The van der Waals surface area contributed by atoms with Crippen LogP contribution in [0.15, 0.2) is 71.8 Å². The molecule has 0 unspecified atom stereocenters. The number of nitrogens with two attached hydrogens (primary N) is 1. The van der Waals surface area contributed by atoms with E-state index in [-0.39, 0.29) is 34.1 Å². The topological polar surface area (TPSA) is 162 Å². The van der Waals surface area contributed by atoms with Crippen molar-refractivity contribution in [1.29, 1.82) is 0 Å². The van der Waals surface area contributed by atoms with Crippen LogP contribution in [-0.4, -0.2) is 62.4 Å². The molecule has 1 aliphatic rings. The summed E-state index contributed by atoms with van der Waals surface area (Å²) in [6.45, 7) is -3.55. The van der Waals surface area contributed by atoms with Gasteiger partial charge in [0.25, 0.3) is 0 Å². The molecule has 272 valence electrons. The highest BCUT2D eigenvalue weighted by atomic mass is 32.2. The van der Waals surface area contributed by atoms with Crippen LogP contribution in [0.3, 0.4) is 0 Å². The quantitative estimate of drug-likeness (QED) is 0.131. The number of benzene rings is 3. The maximum absolute atomic E-state index is 14.7. The fourth-order valence-corrected chi connectivity index (χ4v) is 7.21. The standard InChI is InChI=1S/C34H35F4N5O7S/c1-18(2)51(46,47)28-11-8-22(42-34(45)48-3)17-24(28)25-5-4-14-43(25)31(44)29(41-21-7-9-23-19(15-21)12-13-40-30(23)39)20-6-10-26(49-32(35)36)27(16-20)50-33(37)38/h6-13,15-18,25,29,32-33,41H,4-5,14H2,1-3H3,(H2,39,40)(H,42,45)/t25-,29-/m1/s1. The van der Waals surface area contributed by atoms with E-state index >= 15 is 0 Å². The minimum atomic E-state index is -3.90. The summed E-state index contributed by atoms with van der Waals surface area (Å²) in [6, 6.07) is 12.0. The molecule has 0 saturated carbocycles. The lowest BCUT2D eigenvalue weighted by Gasteiger charge is -2.32. The zero-order valence-corrected chi connectivity index (χ0v) is 28.4. The molecule has 17 heteroatoms. The predicted octanol–water partition coefficient (Wildman–Crippen LogP) is 6.90. The molecule has 2 amide bonds. The van der Waals surface area contributed by atoms with Gasteiger partial charge in [-0.05, 0) is 97.8 Å². The highest BCUT2D eigenvalue weighted by Crippen LogP contribution is 2.41. The van der Waals surface area contributed by atoms with E-state index < -0.39 is 63.9 Å². The Labute approximate surface area is 290 Å². The Kier molecular flexibility index (Phi) is 11.1. The molecule has 3 aromatic carbocycles. The Balaban J connectivity index is 1.62. The van der Waals surface area contributed by atoms with E-state index in [0.29, 0.717) is 29.3 Å². The molecule has 5 rings (SSSR count). The Morgan fingerprint density at radius 2 is 1.65 bits per heavy atom. The summed E-state index contributed by atoms with van der Waals surface area (Å²) in [5.74, 6) is -1.74. The van der Waals surface area contributed by atoms with Gasteiger partial charge in [0, 0.05) is 29.5 Å². The summed E-state index contributed by atoms with van der Waals surface area (Å²) in [4.78, 5) is 32.2. The van der Waals surface area contributed by atoms with Crippen LogP contribution in [0.25, 0.3) is 10.8 Å². The van der Waals surface area contributed by atoms with Gasteiger partial charge in [-0.25, -0.2) is 18.2 Å². The molecule has 0 spiro atoms. The number of nitrogens with zero attached hydrogens (tertiary/aromatic N) is 2. The minimum absolute atomic E-state index is 0.0380. The van der Waals surface area contributed by atoms with Gasteiger partial charge in [0.2, 0.25) is 5.91 Å². The molecule has 0 bridgehead atoms. The van der Waals surface area contributed by atoms with Crippen molar-refractivity contribution in [2.75, 3.05) is 30.0 Å². The number of rotatable bonds is 12. The fraction of sp³-hybridized carbons (Fsp3) is 0.324. The van der Waals surface area contributed by atoms with Crippen LogP contribution in [-0.2, 0) is 19.4 Å². The van der Waals surface area contributed by atoms with Gasteiger partial charge >= 0.3 is 19.3 Å². The highest BCUT2D eigenvalue weighted by Gasteiger charge is 2.38. The molecule has 2 atom stereocenters. The Hall–Kier alpha value is -5.32. The molecule has 1 aliphatic heterocycles. The molecule has 0 radical (unpaired) electrons. The lowest BCUT2D eigenvalue weighted by atomic mass is 10.00. The molecule has 1 fully saturated rings. The molecule has 1 aromatic heterocycles. The van der Waals surface area contributed by atoms with Crippen molar-refractivity contribution in [2.45, 2.75) is 62.1 Å². The zero-order chi connectivity index (χ0) is 37.0. The molecular formula is C34H35F4N5O7S. The van der Waals surface area contributed by atoms with Crippen molar-refractivity contribution in [2.24, 2.45) is 0 Å². The Bertz CT molecular complexity index is 2030. The van der Waals surface area contributed by atoms with E-state index in [9.17, 15) is 35.6 Å². The van der Waals surface area contributed by atoms with E-state index in [0.717, 1.165) is 12.1 Å². The van der Waals surface area contributed by atoms with Crippen LogP contribution < -0.4 is 25.8 Å². The van der Waals surface area contributed by atoms with Crippen LogP contribution >= 0.6 is 0 Å². The normalized spacial score (nSPS) is 15.3. The fourth-order valence-electron chi connectivity index (χ4n) is 5.92. The molecule has 4 N–H and O–H groups in total. The summed E-state index contributed by atoms with van der Waals surface area (Å²) < 4.78 is 93.8. The van der Waals surface area contributed by atoms with Gasteiger partial charge in [-0.2, -0.15) is 17.6 Å². The number of halogens is 4. The van der Waals surface area contributed by atoms with Crippen molar-refractivity contribution in [3.05, 3.63) is 78.0 Å². The number of anilines is 3. The van der Waals surface area contributed by atoms with Gasteiger partial charge in [0.1, 0.15) is 11.9 Å². The third kappa shape index (κ3) is 8.19. The lowest BCUT2D eigenvalue weighted by Crippen LogP contribution is -2.38. The zero-order valence-electron chi connectivity index (χ0n) is 27.6. The molecule has 51 heavy (non-hydrogen) atoms. The van der Waals surface area contributed by atoms with Gasteiger partial charge in [0.15, 0.2) is 21.3 Å². The number of carbonyl (C=O) groups excluding carboxylic acids is 2. The van der Waals surface area contributed by atoms with Gasteiger partial charge in [-0.3, -0.25) is 10.1 Å². The number of nitrogens with one attached hydrogen (secondary N) is 2. The second-order valence-corrected chi connectivity index (χ2v) is 14.3. The van der Waals surface area contributed by atoms with E-state index in [1.807, 2.05) is 0 Å². The van der Waals surface area contributed by atoms with Crippen molar-refractivity contribution in [3.8, 4) is 11.5 Å². The van der Waals surface area contributed by atoms with Crippen molar-refractivity contribution >= 4 is 49.8 Å². The van der Waals surface area contributed by atoms with E-state index in [4.69, 9.17) is 5.73 Å². The summed E-state index contributed by atoms with van der Waals surface area (Å²) in [5, 5.41) is 6.12. The number of methoxy groups -OCH3 is 1. The van der Waals surface area contributed by atoms with Crippen molar-refractivity contribution in [1.82, 2.24) is 9.88 Å². The summed E-state index contributed by atoms with van der Waals surface area (Å²) in [5.41, 5.74) is 6.93. The smallest absolute Gasteiger partial charge is 0.411 e. The largest absolute Gasteiger partial charge is 0.453 e. The lowest BCUT2D eigenvalue weighted by molar-refractivity contribution is -0.133. The molecule has 1 saturated heterocycles. The maximum Gasteiger partial charge on any atom is 0.411 e. The van der Waals surface area contributed by atoms with Crippen LogP contribution in [0.5, 0.6) is 11.5 Å². The number of carbonyl (C=O) groups is 2. The first-order valence-corrected chi connectivity index (χ1v) is 17.2. The van der Waals surface area contributed by atoms with Crippen LogP contribution in [0.2, 0.25) is 0 Å². The summed E-state index contributed by atoms with van der Waals surface area (Å²) in [7, 11) is -2.73. The van der Waals surface area contributed by atoms with E-state index in [1.165, 1.54) is 56.3 Å². The molecule has 0 aliphatic carbocycles. The second kappa shape index (κ2) is 15.3. The number of hydrogen-bond donors (Lipinski definition) is 3. The monoisotopic (exact) mass is 733 g/mol. The SMILES string of the molecule is COC(=O)Nc1ccc(S(=O)(=O)C(C)C)c([C@H]2CCCN2C(=O)[C@H](Nc2ccc3c(N)nccc3c2)c2ccc(OC(F)F)c(OC(F)F)c2)c1. The minimum Gasteiger partial charge on any atom is -0.453 e. The third-order valence-corrected chi connectivity index (χ3v) is 10.6. The number of nitrogen functional groups attached to an aromatic ring is 1. The molecule has 4 aromatic rings. The second-order valence-electron chi connectivity index (χ2n) is 11.8. The molecule has 2 heterocycles. The third-order valence-electron chi connectivity index (χ3n) is 8.35. The van der Waals surface area contributed by atoms with Gasteiger partial charge < -0.3 is 30.2 Å². The average molecular weight is 734 g/mol. The number of aromatic nitrogens is 1. The first-order chi connectivity index (χ1) is 24.2. The molecular weight excluding hydrogens is 698 g/mol. The number of pyridine rings is 1. The van der Waals surface area contributed by atoms with Gasteiger partial charge in [-0.15, -0.1) is 0 Å². The number of ether oxygens (including phenoxy) is 3. The van der Waals surface area contributed by atoms with E-state index in [1.54, 1.807) is 24.3 Å². The Morgan fingerprint density at radius 1 is 0.941 bits per heavy atom. The van der Waals surface area contributed by atoms with Crippen LogP contribution in [0.4, 0.5) is 39.5 Å². The predicted molar refractivity (Wildman–Crippen MR) is 181 cm³/mol. The number of alkyl halides is 4. The van der Waals surface area contributed by atoms with Gasteiger partial charge in [0.05, 0.1) is 23.3 Å². The number of likely N-dealkylation sites (tertiary alicyclic amines) is 1. The number of amides is 2. The van der Waals surface area contributed by atoms with Crippen LogP contribution in [0.1, 0.15) is 49.9 Å². The maximum atomic E-state index is 14.7. The summed E-state index contributed by atoms with van der Waals surface area (Å²) >= 11 is 0. The first kappa shape index (κ1) is 36.9. The average Bonchev–Trinajstić information content (AvgIpc) is 3.57. The van der Waals surface area contributed by atoms with E-state index in [2.05, 4.69) is 29.8 Å². The molecule has 12 nitrogen and oxygen atoms in total.